The number of amides is 1. The second kappa shape index (κ2) is 7.10. The highest BCUT2D eigenvalue weighted by Gasteiger charge is 2.16. The van der Waals surface area contributed by atoms with E-state index >= 15 is 0 Å². The Morgan fingerprint density at radius 3 is 2.82 bits per heavy atom. The van der Waals surface area contributed by atoms with Gasteiger partial charge >= 0.3 is 5.69 Å². The molecule has 0 spiro atoms. The highest BCUT2D eigenvalue weighted by atomic mass is 35.5. The van der Waals surface area contributed by atoms with Crippen LogP contribution in [0, 0.1) is 0 Å². The van der Waals surface area contributed by atoms with Gasteiger partial charge in [0.2, 0.25) is 11.8 Å². The number of aromatic nitrogens is 3. The van der Waals surface area contributed by atoms with Gasteiger partial charge in [0.15, 0.2) is 0 Å². The first kappa shape index (κ1) is 18.2. The quantitative estimate of drug-likeness (QED) is 0.531. The van der Waals surface area contributed by atoms with Crippen LogP contribution in [0.15, 0.2) is 49.8 Å². The molecule has 4 rings (SSSR count). The molecule has 3 heterocycles. The van der Waals surface area contributed by atoms with Crippen molar-refractivity contribution in [3.05, 3.63) is 67.1 Å². The average Bonchev–Trinajstić information content (AvgIpc) is 3.28. The first-order valence-electron chi connectivity index (χ1n) is 8.14. The number of benzene rings is 1. The van der Waals surface area contributed by atoms with Crippen LogP contribution < -0.4 is 16.6 Å². The Hall–Kier alpha value is -3.17. The molecule has 0 aliphatic rings. The van der Waals surface area contributed by atoms with Crippen molar-refractivity contribution in [2.75, 3.05) is 5.32 Å². The summed E-state index contributed by atoms with van der Waals surface area (Å²) >= 11 is 7.07. The van der Waals surface area contributed by atoms with E-state index in [0.29, 0.717) is 26.5 Å². The van der Waals surface area contributed by atoms with E-state index in [1.807, 2.05) is 0 Å². The van der Waals surface area contributed by atoms with Crippen molar-refractivity contribution in [1.29, 1.82) is 0 Å². The van der Waals surface area contributed by atoms with E-state index in [1.54, 1.807) is 35.7 Å². The normalized spacial score (nSPS) is 11.1. The van der Waals surface area contributed by atoms with E-state index in [2.05, 4.69) is 15.5 Å². The highest BCUT2D eigenvalue weighted by molar-refractivity contribution is 7.16. The molecule has 2 N–H and O–H groups in total. The highest BCUT2D eigenvalue weighted by Crippen LogP contribution is 2.24. The number of thiophene rings is 1. The number of H-pyrrole nitrogens is 1. The molecule has 0 saturated carbocycles. The lowest BCUT2D eigenvalue weighted by molar-refractivity contribution is -0.115. The van der Waals surface area contributed by atoms with Crippen molar-refractivity contribution in [3.63, 3.8) is 0 Å². The molecule has 142 valence electrons. The Morgan fingerprint density at radius 2 is 2.07 bits per heavy atom. The smallest absolute Gasteiger partial charge is 0.329 e. The Morgan fingerprint density at radius 1 is 1.32 bits per heavy atom. The summed E-state index contributed by atoms with van der Waals surface area (Å²) in [5, 5.41) is 9.17. The average molecular weight is 417 g/mol. The van der Waals surface area contributed by atoms with Crippen LogP contribution in [0.4, 0.5) is 5.88 Å². The molecule has 1 aromatic carbocycles. The number of nitrogens with one attached hydrogen (secondary N) is 2. The van der Waals surface area contributed by atoms with Crippen molar-refractivity contribution in [2.24, 2.45) is 7.05 Å². The molecule has 0 fully saturated rings. The molecular weight excluding hydrogens is 404 g/mol. The minimum Gasteiger partial charge on any atom is -0.338 e. The summed E-state index contributed by atoms with van der Waals surface area (Å²) in [4.78, 5) is 39.5. The topological polar surface area (TPSA) is 110 Å². The minimum atomic E-state index is -0.494. The van der Waals surface area contributed by atoms with Gasteiger partial charge in [-0.3, -0.25) is 24.5 Å². The van der Waals surface area contributed by atoms with E-state index in [-0.39, 0.29) is 18.2 Å². The summed E-state index contributed by atoms with van der Waals surface area (Å²) < 4.78 is 6.14. The minimum absolute atomic E-state index is 0.0434. The molecule has 0 aliphatic heterocycles. The number of aromatic amines is 1. The Balaban J connectivity index is 1.53. The third kappa shape index (κ3) is 3.37. The zero-order valence-corrected chi connectivity index (χ0v) is 16.1. The van der Waals surface area contributed by atoms with Gasteiger partial charge in [-0.25, -0.2) is 4.79 Å². The Labute approximate surface area is 166 Å². The second-order valence-electron chi connectivity index (χ2n) is 6.07. The Kier molecular flexibility index (Phi) is 4.62. The van der Waals surface area contributed by atoms with Crippen LogP contribution in [0.25, 0.3) is 21.5 Å². The summed E-state index contributed by atoms with van der Waals surface area (Å²) in [6.45, 7) is 0. The van der Waals surface area contributed by atoms with Crippen LogP contribution in [0.1, 0.15) is 5.56 Å². The predicted molar refractivity (Wildman–Crippen MR) is 107 cm³/mol. The molecule has 28 heavy (non-hydrogen) atoms. The first-order valence-corrected chi connectivity index (χ1v) is 9.40. The van der Waals surface area contributed by atoms with Crippen LogP contribution in [0.5, 0.6) is 0 Å². The van der Waals surface area contributed by atoms with Gasteiger partial charge in [-0.05, 0) is 23.1 Å². The first-order chi connectivity index (χ1) is 13.4. The number of fused-ring (bicyclic) bond motifs is 1. The van der Waals surface area contributed by atoms with Gasteiger partial charge in [0.05, 0.1) is 11.8 Å². The maximum Gasteiger partial charge on any atom is 0.329 e. The Bertz CT molecular complexity index is 1300. The van der Waals surface area contributed by atoms with Crippen LogP contribution in [0.2, 0.25) is 5.02 Å². The lowest BCUT2D eigenvalue weighted by atomic mass is 10.1. The molecule has 8 nitrogen and oxygen atoms in total. The van der Waals surface area contributed by atoms with Crippen molar-refractivity contribution < 1.29 is 9.32 Å². The largest absolute Gasteiger partial charge is 0.338 e. The zero-order valence-electron chi connectivity index (χ0n) is 14.5. The van der Waals surface area contributed by atoms with Crippen LogP contribution in [-0.2, 0) is 18.3 Å². The van der Waals surface area contributed by atoms with E-state index < -0.39 is 11.2 Å². The van der Waals surface area contributed by atoms with Gasteiger partial charge in [0.1, 0.15) is 10.5 Å². The third-order valence-corrected chi connectivity index (χ3v) is 5.37. The number of nitrogens with zero attached hydrogens (tertiary/aromatic N) is 2. The number of anilines is 1. The lowest BCUT2D eigenvalue weighted by Crippen LogP contribution is -2.32. The summed E-state index contributed by atoms with van der Waals surface area (Å²) in [6.07, 6.45) is -0.0434. The maximum absolute atomic E-state index is 12.4. The van der Waals surface area contributed by atoms with E-state index in [9.17, 15) is 14.4 Å². The van der Waals surface area contributed by atoms with Crippen molar-refractivity contribution >= 4 is 44.9 Å². The number of carbonyl (C=O) groups excluding carboxylic acids is 1. The zero-order chi connectivity index (χ0) is 19.8. The fourth-order valence-electron chi connectivity index (χ4n) is 2.74. The van der Waals surface area contributed by atoms with Crippen LogP contribution >= 0.6 is 22.9 Å². The third-order valence-electron chi connectivity index (χ3n) is 4.17. The molecule has 0 bridgehead atoms. The van der Waals surface area contributed by atoms with Gasteiger partial charge in [-0.2, -0.15) is 0 Å². The van der Waals surface area contributed by atoms with Gasteiger partial charge < -0.3 is 4.52 Å². The number of halogens is 1. The summed E-state index contributed by atoms with van der Waals surface area (Å²) in [5.74, 6) is -0.178. The van der Waals surface area contributed by atoms with E-state index in [1.165, 1.54) is 18.4 Å². The predicted octanol–water partition coefficient (Wildman–Crippen LogP) is 2.78. The number of carbonyl (C=O) groups is 1. The van der Waals surface area contributed by atoms with Crippen molar-refractivity contribution in [3.8, 4) is 11.3 Å². The van der Waals surface area contributed by atoms with Crippen molar-refractivity contribution in [1.82, 2.24) is 14.7 Å². The second-order valence-corrected chi connectivity index (χ2v) is 7.38. The number of hydrogen-bond donors (Lipinski definition) is 2. The number of rotatable bonds is 4. The van der Waals surface area contributed by atoms with Crippen molar-refractivity contribution in [2.45, 2.75) is 6.42 Å². The van der Waals surface area contributed by atoms with E-state index in [4.69, 9.17) is 16.1 Å². The van der Waals surface area contributed by atoms with Crippen LogP contribution in [-0.4, -0.2) is 20.6 Å². The fourth-order valence-corrected chi connectivity index (χ4v) is 3.81. The molecule has 0 aliphatic carbocycles. The molecule has 0 atom stereocenters. The van der Waals surface area contributed by atoms with Gasteiger partial charge in [0, 0.05) is 23.7 Å². The summed E-state index contributed by atoms with van der Waals surface area (Å²) in [6, 6.07) is 8.65. The maximum atomic E-state index is 12.4. The molecular formula is C18H13ClN4O4S. The van der Waals surface area contributed by atoms with Crippen LogP contribution in [0.3, 0.4) is 0 Å². The van der Waals surface area contributed by atoms with Gasteiger partial charge in [-0.1, -0.05) is 28.9 Å². The molecule has 0 unspecified atom stereocenters. The summed E-state index contributed by atoms with van der Waals surface area (Å²) in [5.41, 5.74) is 0.954. The number of hydrogen-bond acceptors (Lipinski definition) is 6. The molecule has 0 radical (unpaired) electrons. The molecule has 10 heteroatoms. The molecule has 0 saturated heterocycles. The van der Waals surface area contributed by atoms with Gasteiger partial charge in [-0.15, -0.1) is 11.3 Å². The van der Waals surface area contributed by atoms with Gasteiger partial charge in [0.25, 0.3) is 5.56 Å². The molecule has 4 aromatic rings. The monoisotopic (exact) mass is 416 g/mol. The SMILES string of the molecule is Cn1c(=O)[nH]c2scc(CC(=O)Nc3cc(-c4ccc(Cl)cc4)no3)c2c1=O. The lowest BCUT2D eigenvalue weighted by Gasteiger charge is -2.01. The standard InChI is InChI=1S/C18H13ClN4O4S/c1-23-17(25)15-10(8-28-16(15)21-18(23)26)6-13(24)20-14-7-12(22-27-14)9-2-4-11(19)5-3-9/h2-5,7-8H,6H2,1H3,(H,20,24)(H,21,26). The van der Waals surface area contributed by atoms with E-state index in [0.717, 1.165) is 10.1 Å². The fraction of sp³-hybridized carbons (Fsp3) is 0.111. The molecule has 3 aromatic heterocycles. The molecule has 1 amide bonds. The summed E-state index contributed by atoms with van der Waals surface area (Å²) in [7, 11) is 1.38.